The number of carbonyl (C=O) groups is 4. The van der Waals surface area contributed by atoms with Crippen LogP contribution in [0.4, 0.5) is 0 Å². The van der Waals surface area contributed by atoms with Crippen LogP contribution in [0, 0.1) is 0 Å². The van der Waals surface area contributed by atoms with Crippen LogP contribution in [0.3, 0.4) is 0 Å². The standard InChI is InChI=1S/C34H40N2O11/c1-19(2)29-27(16-24-12-14-26(15-13-24)42-17-25-10-8-7-9-11-25)33(36-35-29)47-34-32(45-23(6)40)31(44-22(5)39)30(43-21(4)38)28(46-34)18-41-20(3)37/h7-15,19,28,30-32,34H,16-18H2,1-6H3,(H,35,36)/t28-,30-,31+,32-,34+/m1/s1. The second kappa shape index (κ2) is 16.1. The molecule has 1 saturated heterocycles. The molecule has 0 aliphatic carbocycles. The number of nitrogens with one attached hydrogen (secondary N) is 1. The average Bonchev–Trinajstić information content (AvgIpc) is 3.40. The van der Waals surface area contributed by atoms with Crippen molar-refractivity contribution in [2.24, 2.45) is 0 Å². The third-order valence-electron chi connectivity index (χ3n) is 7.17. The quantitative estimate of drug-likeness (QED) is 0.208. The maximum Gasteiger partial charge on any atom is 0.303 e. The number of aromatic nitrogens is 2. The molecule has 0 spiro atoms. The molecule has 0 bridgehead atoms. The number of ether oxygens (including phenoxy) is 7. The number of aromatic amines is 1. The van der Waals surface area contributed by atoms with E-state index in [1.54, 1.807) is 0 Å². The Labute approximate surface area is 272 Å². The fourth-order valence-corrected chi connectivity index (χ4v) is 5.15. The summed E-state index contributed by atoms with van der Waals surface area (Å²) in [6, 6.07) is 17.5. The van der Waals surface area contributed by atoms with Crippen molar-refractivity contribution in [2.45, 2.75) is 91.2 Å². The van der Waals surface area contributed by atoms with Crippen molar-refractivity contribution in [1.82, 2.24) is 10.2 Å². The fourth-order valence-electron chi connectivity index (χ4n) is 5.15. The van der Waals surface area contributed by atoms with Crippen LogP contribution in [0.15, 0.2) is 54.6 Å². The van der Waals surface area contributed by atoms with Gasteiger partial charge in [0, 0.05) is 45.4 Å². The summed E-state index contributed by atoms with van der Waals surface area (Å²) < 4.78 is 40.0. The fraction of sp³-hybridized carbons (Fsp3) is 0.441. The molecule has 1 aromatic heterocycles. The summed E-state index contributed by atoms with van der Waals surface area (Å²) in [5.41, 5.74) is 3.51. The minimum atomic E-state index is -1.41. The van der Waals surface area contributed by atoms with Crippen molar-refractivity contribution in [3.05, 3.63) is 77.0 Å². The molecule has 13 nitrogen and oxygen atoms in total. The Morgan fingerprint density at radius 2 is 1.40 bits per heavy atom. The Morgan fingerprint density at radius 1 is 0.787 bits per heavy atom. The molecule has 1 aliphatic heterocycles. The van der Waals surface area contributed by atoms with Gasteiger partial charge in [-0.1, -0.05) is 56.3 Å². The van der Waals surface area contributed by atoms with Gasteiger partial charge in [0.15, 0.2) is 12.2 Å². The topological polar surface area (TPSA) is 162 Å². The van der Waals surface area contributed by atoms with E-state index in [9.17, 15) is 19.2 Å². The zero-order valence-corrected chi connectivity index (χ0v) is 27.2. The number of nitrogens with zero attached hydrogens (tertiary/aromatic N) is 1. The van der Waals surface area contributed by atoms with Gasteiger partial charge < -0.3 is 33.2 Å². The first-order valence-electron chi connectivity index (χ1n) is 15.2. The van der Waals surface area contributed by atoms with Gasteiger partial charge in [0.1, 0.15) is 25.1 Å². The minimum Gasteiger partial charge on any atom is -0.489 e. The highest BCUT2D eigenvalue weighted by Gasteiger charge is 2.53. The van der Waals surface area contributed by atoms with Crippen LogP contribution in [0.2, 0.25) is 0 Å². The first-order valence-corrected chi connectivity index (χ1v) is 15.2. The van der Waals surface area contributed by atoms with Crippen LogP contribution >= 0.6 is 0 Å². The van der Waals surface area contributed by atoms with E-state index in [-0.39, 0.29) is 18.4 Å². The van der Waals surface area contributed by atoms with E-state index in [4.69, 9.17) is 33.2 Å². The molecule has 1 N–H and O–H groups in total. The van der Waals surface area contributed by atoms with Gasteiger partial charge in [-0.2, -0.15) is 0 Å². The van der Waals surface area contributed by atoms with Gasteiger partial charge in [0.05, 0.1) is 0 Å². The number of esters is 4. The number of H-pyrrole nitrogens is 1. The molecular weight excluding hydrogens is 612 g/mol. The molecule has 1 fully saturated rings. The second-order valence-electron chi connectivity index (χ2n) is 11.4. The third kappa shape index (κ3) is 9.79. The predicted molar refractivity (Wildman–Crippen MR) is 165 cm³/mol. The first-order chi connectivity index (χ1) is 22.4. The van der Waals surface area contributed by atoms with E-state index in [1.807, 2.05) is 68.4 Å². The summed E-state index contributed by atoms with van der Waals surface area (Å²) in [6.07, 6.45) is -6.21. The van der Waals surface area contributed by atoms with E-state index in [0.717, 1.165) is 37.6 Å². The zero-order chi connectivity index (χ0) is 34.1. The largest absolute Gasteiger partial charge is 0.489 e. The molecular formula is C34H40N2O11. The predicted octanol–water partition coefficient (Wildman–Crippen LogP) is 4.16. The van der Waals surface area contributed by atoms with Crippen molar-refractivity contribution in [3.63, 3.8) is 0 Å². The van der Waals surface area contributed by atoms with Gasteiger partial charge in [0.2, 0.25) is 18.3 Å². The lowest BCUT2D eigenvalue weighted by Gasteiger charge is -2.43. The van der Waals surface area contributed by atoms with Crippen molar-refractivity contribution in [1.29, 1.82) is 0 Å². The van der Waals surface area contributed by atoms with Crippen LogP contribution in [-0.2, 0) is 55.9 Å². The number of carbonyl (C=O) groups excluding carboxylic acids is 4. The average molecular weight is 653 g/mol. The molecule has 2 heterocycles. The SMILES string of the molecule is CC(=O)OC[C@H]1O[C@@H](Oc2n[nH]c(C(C)C)c2Cc2ccc(OCc3ccccc3)cc2)[C@H](OC(C)=O)[C@@H](OC(C)=O)[C@@H]1OC(C)=O. The Morgan fingerprint density at radius 3 is 2.00 bits per heavy atom. The van der Waals surface area contributed by atoms with Crippen molar-refractivity contribution in [2.75, 3.05) is 6.61 Å². The molecule has 252 valence electrons. The number of hydrogen-bond acceptors (Lipinski definition) is 12. The lowest BCUT2D eigenvalue weighted by molar-refractivity contribution is -0.289. The highest BCUT2D eigenvalue weighted by molar-refractivity contribution is 5.68. The van der Waals surface area contributed by atoms with Crippen LogP contribution < -0.4 is 9.47 Å². The van der Waals surface area contributed by atoms with Gasteiger partial charge in [-0.3, -0.25) is 24.3 Å². The molecule has 47 heavy (non-hydrogen) atoms. The zero-order valence-electron chi connectivity index (χ0n) is 27.2. The van der Waals surface area contributed by atoms with Gasteiger partial charge in [-0.05, 0) is 29.2 Å². The van der Waals surface area contributed by atoms with Gasteiger partial charge in [-0.25, -0.2) is 0 Å². The molecule has 0 unspecified atom stereocenters. The molecule has 0 saturated carbocycles. The van der Waals surface area contributed by atoms with Crippen molar-refractivity contribution >= 4 is 23.9 Å². The maximum absolute atomic E-state index is 12.2. The third-order valence-corrected chi connectivity index (χ3v) is 7.17. The van der Waals surface area contributed by atoms with Crippen molar-refractivity contribution in [3.8, 4) is 11.6 Å². The summed E-state index contributed by atoms with van der Waals surface area (Å²) >= 11 is 0. The van der Waals surface area contributed by atoms with E-state index in [0.29, 0.717) is 24.3 Å². The van der Waals surface area contributed by atoms with Gasteiger partial charge in [0.25, 0.3) is 0 Å². The molecule has 13 heteroatoms. The summed E-state index contributed by atoms with van der Waals surface area (Å²) in [4.78, 5) is 48.1. The first kappa shape index (κ1) is 35.0. The minimum absolute atomic E-state index is 0.0266. The maximum atomic E-state index is 12.2. The summed E-state index contributed by atoms with van der Waals surface area (Å²) in [6.45, 7) is 8.73. The number of hydrogen-bond donors (Lipinski definition) is 1. The summed E-state index contributed by atoms with van der Waals surface area (Å²) in [7, 11) is 0. The number of benzene rings is 2. The summed E-state index contributed by atoms with van der Waals surface area (Å²) in [5.74, 6) is -1.93. The number of rotatable bonds is 13. The van der Waals surface area contributed by atoms with E-state index >= 15 is 0 Å². The molecule has 1 aliphatic rings. The van der Waals surface area contributed by atoms with Crippen LogP contribution in [-0.4, -0.2) is 71.4 Å². The highest BCUT2D eigenvalue weighted by Crippen LogP contribution is 2.34. The second-order valence-corrected chi connectivity index (χ2v) is 11.4. The lowest BCUT2D eigenvalue weighted by Crippen LogP contribution is -2.63. The molecule has 5 atom stereocenters. The molecule has 2 aromatic carbocycles. The van der Waals surface area contributed by atoms with Crippen LogP contribution in [0.25, 0.3) is 0 Å². The summed E-state index contributed by atoms with van der Waals surface area (Å²) in [5, 5.41) is 7.44. The van der Waals surface area contributed by atoms with Gasteiger partial charge in [-0.15, -0.1) is 5.10 Å². The Kier molecular flexibility index (Phi) is 12.0. The molecule has 0 radical (unpaired) electrons. The van der Waals surface area contributed by atoms with Crippen LogP contribution in [0.5, 0.6) is 11.6 Å². The van der Waals surface area contributed by atoms with Crippen molar-refractivity contribution < 1.29 is 52.3 Å². The van der Waals surface area contributed by atoms with E-state index in [1.165, 1.54) is 6.92 Å². The van der Waals surface area contributed by atoms with Gasteiger partial charge >= 0.3 is 23.9 Å². The Balaban J connectivity index is 1.63. The Bertz CT molecular complexity index is 1520. The molecule has 4 rings (SSSR count). The monoisotopic (exact) mass is 652 g/mol. The molecule has 3 aromatic rings. The smallest absolute Gasteiger partial charge is 0.303 e. The van der Waals surface area contributed by atoms with E-state index < -0.39 is 54.6 Å². The normalized spacial score (nSPS) is 20.6. The van der Waals surface area contributed by atoms with Crippen LogP contribution in [0.1, 0.15) is 69.8 Å². The lowest BCUT2D eigenvalue weighted by atomic mass is 9.97. The van der Waals surface area contributed by atoms with E-state index in [2.05, 4.69) is 10.2 Å². The highest BCUT2D eigenvalue weighted by atomic mass is 16.7. The molecule has 0 amide bonds. The Hall–Kier alpha value is -4.91.